The van der Waals surface area contributed by atoms with E-state index >= 15 is 0 Å². The molecule has 0 aliphatic carbocycles. The van der Waals surface area contributed by atoms with Gasteiger partial charge in [0.1, 0.15) is 45.9 Å². The number of methoxy groups -OCH3 is 1. The number of carbonyl (C=O) groups is 4. The van der Waals surface area contributed by atoms with Crippen LogP contribution in [0.3, 0.4) is 0 Å². The number of nitrogens with one attached hydrogen (secondary N) is 2. The number of anilines is 2. The zero-order chi connectivity index (χ0) is 44.6. The fourth-order valence-electron chi connectivity index (χ4n) is 5.29. The van der Waals surface area contributed by atoms with Gasteiger partial charge in [0.2, 0.25) is 0 Å². The smallest absolute Gasteiger partial charge is 0.549 e. The van der Waals surface area contributed by atoms with E-state index < -0.39 is 41.2 Å². The van der Waals surface area contributed by atoms with Crippen molar-refractivity contribution in [3.8, 4) is 34.7 Å². The molecule has 2 amide bonds. The van der Waals surface area contributed by atoms with Crippen molar-refractivity contribution < 1.29 is 57.4 Å². The molecule has 0 radical (unpaired) electrons. The van der Waals surface area contributed by atoms with Crippen LogP contribution in [-0.2, 0) is 23.8 Å². The van der Waals surface area contributed by atoms with E-state index in [1.807, 2.05) is 27.7 Å². The third-order valence-electron chi connectivity index (χ3n) is 8.18. The van der Waals surface area contributed by atoms with Gasteiger partial charge in [0.15, 0.2) is 11.6 Å². The number of carboxylic acids is 1. The van der Waals surface area contributed by atoms with E-state index in [1.54, 1.807) is 83.6 Å². The van der Waals surface area contributed by atoms with Gasteiger partial charge in [-0.2, -0.15) is 20.7 Å². The number of hydrogen-bond acceptors (Lipinski definition) is 14. The maximum absolute atomic E-state index is 12.3. The summed E-state index contributed by atoms with van der Waals surface area (Å²) in [5.41, 5.74) is 1.66. The molecule has 4 heterocycles. The number of amides is 2. The van der Waals surface area contributed by atoms with E-state index in [4.69, 9.17) is 14.2 Å². The zero-order valence-electron chi connectivity index (χ0n) is 36.6. The first-order valence-corrected chi connectivity index (χ1v) is 18.7. The Morgan fingerprint density at radius 1 is 0.683 bits per heavy atom. The summed E-state index contributed by atoms with van der Waals surface area (Å²) in [6.07, 6.45) is 1.62. The van der Waals surface area contributed by atoms with Gasteiger partial charge in [-0.15, -0.1) is 0 Å². The van der Waals surface area contributed by atoms with Crippen molar-refractivity contribution in [3.05, 3.63) is 59.2 Å². The number of rotatable bonds is 10. The van der Waals surface area contributed by atoms with Crippen molar-refractivity contribution in [2.45, 2.75) is 118 Å². The summed E-state index contributed by atoms with van der Waals surface area (Å²) < 4.78 is 18.4. The van der Waals surface area contributed by atoms with E-state index in [0.717, 1.165) is 0 Å². The monoisotopic (exact) mass is 818 g/mol. The Morgan fingerprint density at radius 3 is 1.32 bits per heavy atom. The second-order valence-corrected chi connectivity index (χ2v) is 15.9. The van der Waals surface area contributed by atoms with E-state index in [2.05, 4.69) is 42.9 Å². The third-order valence-corrected chi connectivity index (χ3v) is 8.18. The first-order valence-electron chi connectivity index (χ1n) is 18.7. The van der Waals surface area contributed by atoms with Crippen molar-refractivity contribution >= 4 is 35.8 Å². The second kappa shape index (κ2) is 20.6. The van der Waals surface area contributed by atoms with E-state index in [9.17, 15) is 34.8 Å². The van der Waals surface area contributed by atoms with E-state index in [-0.39, 0.29) is 59.7 Å². The average Bonchev–Trinajstić information content (AvgIpc) is 3.70. The van der Waals surface area contributed by atoms with Crippen molar-refractivity contribution in [1.82, 2.24) is 29.5 Å². The van der Waals surface area contributed by atoms with Gasteiger partial charge in [0.05, 0.1) is 24.7 Å². The zero-order valence-corrected chi connectivity index (χ0v) is 36.6. The van der Waals surface area contributed by atoms with Gasteiger partial charge < -0.3 is 24.1 Å². The van der Waals surface area contributed by atoms with Crippen LogP contribution in [0.2, 0.25) is 0 Å². The molecule has 0 fully saturated rings. The molecule has 314 valence electrons. The summed E-state index contributed by atoms with van der Waals surface area (Å²) in [4.78, 5) is 55.7. The largest absolute Gasteiger partial charge is 1.00 e. The molecule has 0 aliphatic heterocycles. The van der Waals surface area contributed by atoms with Crippen LogP contribution >= 0.6 is 0 Å². The van der Waals surface area contributed by atoms with Gasteiger partial charge >= 0.3 is 37.0 Å². The molecule has 0 saturated carbocycles. The van der Waals surface area contributed by atoms with Crippen LogP contribution in [0.4, 0.5) is 21.2 Å². The molecule has 2 unspecified atom stereocenters. The molecule has 2 atom stereocenters. The number of carboxylic acid groups (broad SMARTS) is 1. The van der Waals surface area contributed by atoms with Gasteiger partial charge in [0, 0.05) is 47.2 Å². The Morgan fingerprint density at radius 2 is 1.05 bits per heavy atom. The van der Waals surface area contributed by atoms with Gasteiger partial charge in [-0.25, -0.2) is 19.0 Å². The Bertz CT molecular complexity index is 2240. The molecule has 19 heteroatoms. The number of hydrogen-bond donors (Lipinski definition) is 2. The molecule has 0 aromatic carbocycles. The van der Waals surface area contributed by atoms with Crippen molar-refractivity contribution in [2.24, 2.45) is 0 Å². The molecule has 4 aromatic heterocycles. The van der Waals surface area contributed by atoms with Crippen LogP contribution in [-0.4, -0.2) is 72.0 Å². The van der Waals surface area contributed by atoms with Crippen LogP contribution in [0, 0.1) is 22.7 Å². The van der Waals surface area contributed by atoms with E-state index in [1.165, 1.54) is 24.9 Å². The maximum Gasteiger partial charge on any atom is 1.00 e. The molecule has 18 nitrogen and oxygen atoms in total. The summed E-state index contributed by atoms with van der Waals surface area (Å²) in [6, 6.07) is 10.5. The predicted octanol–water partition coefficient (Wildman–Crippen LogP) is 3.62. The van der Waals surface area contributed by atoms with Crippen molar-refractivity contribution in [3.63, 3.8) is 0 Å². The number of esters is 1. The quantitative estimate of drug-likeness (QED) is 0.132. The number of nitrogens with zero attached hydrogens (tertiary/aromatic N) is 8. The van der Waals surface area contributed by atoms with Gasteiger partial charge in [0.25, 0.3) is 0 Å². The van der Waals surface area contributed by atoms with Crippen molar-refractivity contribution in [1.29, 1.82) is 10.5 Å². The molecular weight excluding hydrogens is 767 g/mol. The Hall–Kier alpha value is -6.22. The summed E-state index contributed by atoms with van der Waals surface area (Å²) in [5.74, 6) is -2.52. The first-order chi connectivity index (χ1) is 27.4. The summed E-state index contributed by atoms with van der Waals surface area (Å²) >= 11 is 0. The van der Waals surface area contributed by atoms with E-state index in [0.29, 0.717) is 33.9 Å². The molecule has 4 rings (SSSR count). The number of carbonyl (C=O) groups excluding carboxylic acids is 4. The van der Waals surface area contributed by atoms with Crippen LogP contribution in [0.1, 0.15) is 130 Å². The third kappa shape index (κ3) is 12.9. The van der Waals surface area contributed by atoms with Crippen molar-refractivity contribution in [2.75, 3.05) is 17.7 Å². The minimum Gasteiger partial charge on any atom is -0.549 e. The Balaban J connectivity index is 0.000000407. The average molecular weight is 819 g/mol. The fourth-order valence-corrected chi connectivity index (χ4v) is 5.29. The Kier molecular flexibility index (Phi) is 17.2. The van der Waals surface area contributed by atoms with Crippen LogP contribution < -0.4 is 34.6 Å². The number of aromatic nitrogens is 6. The normalized spacial score (nSPS) is 12.1. The summed E-state index contributed by atoms with van der Waals surface area (Å²) in [5, 5.41) is 44.7. The maximum atomic E-state index is 12.3. The standard InChI is InChI=1S/C21H27N5O4.C20H25N5O4.Li/c1-12(2)26-18(24-20(28)30-21(4,5)6)15(10-22)17(25-26)14-8-9-16(23-11-14)13(3)19(27)29-7;1-11(2)25-17(23-19(28)29-20(4,5)6)14(9-21)16(24-25)13-7-8-15(22-10-13)12(3)18(26)27;/h8-9,11-13H,1-7H3,(H,24,28);7-8,10-12H,1-6H3,(H,23,28)(H,26,27);/q;;+1/p-1. The molecular formula is C41H51LiN10O8. The first kappa shape index (κ1) is 49.9. The number of pyridine rings is 2. The van der Waals surface area contributed by atoms with Crippen LogP contribution in [0.5, 0.6) is 0 Å². The molecule has 2 N–H and O–H groups in total. The van der Waals surface area contributed by atoms with Gasteiger partial charge in [-0.3, -0.25) is 25.4 Å². The fraction of sp³-hybridized carbons (Fsp3) is 0.463. The van der Waals surface area contributed by atoms with Crippen LogP contribution in [0.15, 0.2) is 36.7 Å². The minimum absolute atomic E-state index is 0. The molecule has 0 bridgehead atoms. The SMILES string of the molecule is CC(C(=O)[O-])c1ccc(-c2nn(C(C)C)c(NC(=O)OC(C)(C)C)c2C#N)cn1.COC(=O)C(C)c1ccc(-c2nn(C(C)C)c(NC(=O)OC(C)(C)C)c2C#N)cn1.[Li+]. The molecule has 0 saturated heterocycles. The molecule has 0 aliphatic rings. The number of aliphatic carboxylic acids is 1. The summed E-state index contributed by atoms with van der Waals surface area (Å²) in [6.45, 7) is 21.2. The number of ether oxygens (including phenoxy) is 3. The van der Waals surface area contributed by atoms with Gasteiger partial charge in [-0.1, -0.05) is 6.92 Å². The topological polar surface area (TPSA) is 252 Å². The molecule has 60 heavy (non-hydrogen) atoms. The molecule has 0 spiro atoms. The summed E-state index contributed by atoms with van der Waals surface area (Å²) in [7, 11) is 1.32. The molecule has 4 aromatic rings. The number of nitriles is 2. The van der Waals surface area contributed by atoms with Crippen LogP contribution in [0.25, 0.3) is 22.5 Å². The second-order valence-electron chi connectivity index (χ2n) is 15.9. The minimum atomic E-state index is -1.23. The van der Waals surface area contributed by atoms with Gasteiger partial charge in [-0.05, 0) is 100 Å². The Labute approximate surface area is 361 Å². The predicted molar refractivity (Wildman–Crippen MR) is 215 cm³/mol.